The molecule has 0 N–H and O–H groups in total. The highest BCUT2D eigenvalue weighted by molar-refractivity contribution is 7.87. The van der Waals surface area contributed by atoms with Crippen LogP contribution in [0.5, 0.6) is 5.75 Å². The van der Waals surface area contributed by atoms with E-state index in [1.54, 1.807) is 25.1 Å². The molecule has 1 aromatic heterocycles. The first kappa shape index (κ1) is 31.3. The number of hydrogen-bond acceptors (Lipinski definition) is 10. The third kappa shape index (κ3) is 6.39. The lowest BCUT2D eigenvalue weighted by Gasteiger charge is -2.25. The van der Waals surface area contributed by atoms with Gasteiger partial charge in [0.25, 0.3) is 11.2 Å². The number of aromatic nitrogens is 1. The van der Waals surface area contributed by atoms with Crippen LogP contribution in [0.1, 0.15) is 29.7 Å². The third-order valence-corrected chi connectivity index (χ3v) is 9.45. The number of ether oxygens (including phenoxy) is 1. The van der Waals surface area contributed by atoms with Crippen molar-refractivity contribution in [2.24, 2.45) is 4.99 Å². The first-order chi connectivity index (χ1) is 22.7. The fraction of sp³-hybridized carbons (Fsp3) is 0.0882. The molecule has 0 fully saturated rings. The highest BCUT2D eigenvalue weighted by atomic mass is 32.2. The molecule has 0 spiro atoms. The maximum Gasteiger partial charge on any atom is 0.339 e. The van der Waals surface area contributed by atoms with Gasteiger partial charge in [-0.15, -0.1) is 0 Å². The predicted molar refractivity (Wildman–Crippen MR) is 175 cm³/mol. The van der Waals surface area contributed by atoms with Gasteiger partial charge in [-0.3, -0.25) is 19.5 Å². The number of thiazole rings is 1. The van der Waals surface area contributed by atoms with E-state index in [4.69, 9.17) is 13.9 Å². The van der Waals surface area contributed by atoms with Crippen LogP contribution in [0.25, 0.3) is 11.8 Å². The Kier molecular flexibility index (Phi) is 8.66. The summed E-state index contributed by atoms with van der Waals surface area (Å²) in [7, 11) is -4.25. The molecule has 2 heterocycles. The third-order valence-electron chi connectivity index (χ3n) is 7.21. The molecule has 13 heteroatoms. The fourth-order valence-electron chi connectivity index (χ4n) is 5.07. The van der Waals surface area contributed by atoms with Crippen molar-refractivity contribution in [3.8, 4) is 5.75 Å². The molecule has 0 unspecified atom stereocenters. The predicted octanol–water partition coefficient (Wildman–Crippen LogP) is 4.61. The van der Waals surface area contributed by atoms with Crippen molar-refractivity contribution in [1.29, 1.82) is 0 Å². The number of fused-ring (bicyclic) bond motifs is 1. The summed E-state index contributed by atoms with van der Waals surface area (Å²) in [5, 5.41) is 10.9. The van der Waals surface area contributed by atoms with E-state index in [1.165, 1.54) is 16.7 Å². The van der Waals surface area contributed by atoms with Crippen molar-refractivity contribution in [2.45, 2.75) is 17.9 Å². The first-order valence-electron chi connectivity index (χ1n) is 14.3. The number of carbonyl (C=O) groups excluding carboxylic acids is 1. The highest BCUT2D eigenvalue weighted by Crippen LogP contribution is 2.35. The van der Waals surface area contributed by atoms with Crippen LogP contribution < -0.4 is 19.1 Å². The van der Waals surface area contributed by atoms with Gasteiger partial charge in [-0.25, -0.2) is 9.79 Å². The molecule has 0 bridgehead atoms. The Morgan fingerprint density at radius 1 is 0.957 bits per heavy atom. The summed E-state index contributed by atoms with van der Waals surface area (Å²) < 4.78 is 38.0. The molecule has 0 aliphatic carbocycles. The molecule has 1 aliphatic heterocycles. The average molecular weight is 668 g/mol. The number of hydrogen-bond donors (Lipinski definition) is 0. The van der Waals surface area contributed by atoms with Gasteiger partial charge in [0.2, 0.25) is 0 Å². The van der Waals surface area contributed by atoms with Crippen LogP contribution in [0.15, 0.2) is 129 Å². The van der Waals surface area contributed by atoms with E-state index in [-0.39, 0.29) is 34.1 Å². The van der Waals surface area contributed by atoms with Crippen LogP contribution in [-0.4, -0.2) is 30.5 Å². The minimum absolute atomic E-state index is 0.0117. The van der Waals surface area contributed by atoms with Gasteiger partial charge in [0, 0.05) is 17.7 Å². The molecule has 11 nitrogen and oxygen atoms in total. The molecule has 0 saturated heterocycles. The molecule has 236 valence electrons. The molecule has 0 amide bonds. The summed E-state index contributed by atoms with van der Waals surface area (Å²) in [6.45, 7) is 1.86. The van der Waals surface area contributed by atoms with Crippen molar-refractivity contribution >= 4 is 44.9 Å². The second-order valence-electron chi connectivity index (χ2n) is 10.2. The first-order valence-corrected chi connectivity index (χ1v) is 16.5. The second-order valence-corrected chi connectivity index (χ2v) is 12.8. The molecule has 47 heavy (non-hydrogen) atoms. The van der Waals surface area contributed by atoms with Gasteiger partial charge >= 0.3 is 16.1 Å². The summed E-state index contributed by atoms with van der Waals surface area (Å²) in [5.41, 5.74) is 2.05. The summed E-state index contributed by atoms with van der Waals surface area (Å²) in [4.78, 5) is 42.8. The number of rotatable bonds is 9. The topological polar surface area (TPSA) is 147 Å². The van der Waals surface area contributed by atoms with Crippen LogP contribution in [0.4, 0.5) is 5.69 Å². The number of nitrogens with zero attached hydrogens (tertiary/aromatic N) is 3. The van der Waals surface area contributed by atoms with Crippen molar-refractivity contribution in [2.75, 3.05) is 6.61 Å². The quantitative estimate of drug-likeness (QED) is 0.0959. The van der Waals surface area contributed by atoms with Gasteiger partial charge in [-0.1, -0.05) is 84.1 Å². The van der Waals surface area contributed by atoms with Crippen LogP contribution in [0.3, 0.4) is 0 Å². The SMILES string of the molecule is CCOC(=O)C1=C(c2ccccc2)N=c2s/c(=C\c3ccc(OS(=O)(=O)c4ccc([N+](=O)[O-])cc4)cc3)c(=O)n2[C@@H]1c1ccccc1. The Labute approximate surface area is 272 Å². The minimum atomic E-state index is -4.25. The Bertz CT molecular complexity index is 2300. The Morgan fingerprint density at radius 3 is 2.21 bits per heavy atom. The van der Waals surface area contributed by atoms with E-state index in [0.29, 0.717) is 31.7 Å². The number of nitro groups is 1. The van der Waals surface area contributed by atoms with Crippen molar-refractivity contribution < 1.29 is 27.1 Å². The van der Waals surface area contributed by atoms with Gasteiger partial charge in [0.15, 0.2) is 4.80 Å². The van der Waals surface area contributed by atoms with Crippen LogP contribution >= 0.6 is 11.3 Å². The van der Waals surface area contributed by atoms with Crippen LogP contribution in [0.2, 0.25) is 0 Å². The minimum Gasteiger partial charge on any atom is -0.463 e. The zero-order valence-corrected chi connectivity index (χ0v) is 26.3. The molecular weight excluding hydrogens is 643 g/mol. The number of nitro benzene ring substituents is 1. The lowest BCUT2D eigenvalue weighted by molar-refractivity contribution is -0.384. The smallest absolute Gasteiger partial charge is 0.339 e. The zero-order valence-electron chi connectivity index (χ0n) is 24.7. The maximum atomic E-state index is 14.0. The van der Waals surface area contributed by atoms with E-state index >= 15 is 0 Å². The summed E-state index contributed by atoms with van der Waals surface area (Å²) in [5.74, 6) is -0.560. The lowest BCUT2D eigenvalue weighted by Crippen LogP contribution is -2.39. The zero-order chi connectivity index (χ0) is 33.1. The number of non-ortho nitro benzene ring substituents is 1. The van der Waals surface area contributed by atoms with E-state index in [0.717, 1.165) is 35.6 Å². The van der Waals surface area contributed by atoms with Gasteiger partial charge in [-0.2, -0.15) is 8.42 Å². The van der Waals surface area contributed by atoms with Gasteiger partial charge < -0.3 is 8.92 Å². The maximum absolute atomic E-state index is 14.0. The van der Waals surface area contributed by atoms with E-state index < -0.39 is 27.1 Å². The fourth-order valence-corrected chi connectivity index (χ4v) is 7.00. The van der Waals surface area contributed by atoms with Gasteiger partial charge in [0.05, 0.1) is 33.4 Å². The molecule has 1 aliphatic rings. The van der Waals surface area contributed by atoms with Crippen molar-refractivity contribution in [3.05, 3.63) is 161 Å². The van der Waals surface area contributed by atoms with E-state index in [1.807, 2.05) is 60.7 Å². The Hall–Kier alpha value is -5.66. The molecule has 1 atom stereocenters. The molecule has 0 radical (unpaired) electrons. The lowest BCUT2D eigenvalue weighted by atomic mass is 9.93. The monoisotopic (exact) mass is 667 g/mol. The molecule has 5 aromatic rings. The van der Waals surface area contributed by atoms with Crippen molar-refractivity contribution in [3.63, 3.8) is 0 Å². The normalized spacial score (nSPS) is 14.7. The molecule has 0 saturated carbocycles. The van der Waals surface area contributed by atoms with Crippen LogP contribution in [-0.2, 0) is 19.6 Å². The largest absolute Gasteiger partial charge is 0.463 e. The summed E-state index contributed by atoms with van der Waals surface area (Å²) in [6.07, 6.45) is 1.65. The van der Waals surface area contributed by atoms with Gasteiger partial charge in [0.1, 0.15) is 10.6 Å². The second kappa shape index (κ2) is 13.0. The Morgan fingerprint density at radius 2 is 1.60 bits per heavy atom. The average Bonchev–Trinajstić information content (AvgIpc) is 3.39. The number of carbonyl (C=O) groups is 1. The van der Waals surface area contributed by atoms with E-state index in [9.17, 15) is 28.1 Å². The van der Waals surface area contributed by atoms with E-state index in [2.05, 4.69) is 0 Å². The number of benzene rings is 4. The van der Waals surface area contributed by atoms with Gasteiger partial charge in [-0.05, 0) is 48.4 Å². The standard InChI is InChI=1S/C34H25N3O8S2/c1-2-44-33(39)29-30(23-9-5-3-6-10-23)35-34-36(31(29)24-11-7-4-8-12-24)32(38)28(46-34)21-22-13-17-26(18-14-22)45-47(42,43)27-19-15-25(16-20-27)37(40)41/h3-21,31H,2H2,1H3/b28-21-/t31-/m1/s1. The Balaban J connectivity index is 1.40. The molecular formula is C34H25N3O8S2. The molecule has 4 aromatic carbocycles. The van der Waals surface area contributed by atoms with Crippen molar-refractivity contribution in [1.82, 2.24) is 4.57 Å². The highest BCUT2D eigenvalue weighted by Gasteiger charge is 2.35. The summed E-state index contributed by atoms with van der Waals surface area (Å²) >= 11 is 1.16. The summed E-state index contributed by atoms with van der Waals surface area (Å²) in [6, 6.07) is 28.1. The number of esters is 1. The molecule has 6 rings (SSSR count). The van der Waals surface area contributed by atoms with Crippen LogP contribution in [0, 0.1) is 10.1 Å².